The number of aromatic nitrogens is 3. The molecule has 3 heterocycles. The quantitative estimate of drug-likeness (QED) is 0.160. The number of hydrogen-bond donors (Lipinski definition) is 0. The molecule has 0 atom stereocenters. The van der Waals surface area contributed by atoms with Gasteiger partial charge in [0.05, 0.1) is 5.41 Å². The van der Waals surface area contributed by atoms with Gasteiger partial charge in [0.2, 0.25) is 0 Å². The zero-order chi connectivity index (χ0) is 45.5. The van der Waals surface area contributed by atoms with E-state index in [4.69, 9.17) is 19.4 Å². The molecule has 10 aromatic carbocycles. The summed E-state index contributed by atoms with van der Waals surface area (Å²) in [6, 6.07) is 84.6. The van der Waals surface area contributed by atoms with Gasteiger partial charge in [0.15, 0.2) is 17.5 Å². The fourth-order valence-corrected chi connectivity index (χ4v) is 12.1. The molecule has 0 unspecified atom stereocenters. The summed E-state index contributed by atoms with van der Waals surface area (Å²) in [5, 5.41) is 4.31. The van der Waals surface area contributed by atoms with E-state index in [1.165, 1.54) is 48.2 Å². The average molecular weight is 898 g/mol. The Morgan fingerprint density at radius 3 is 1.62 bits per heavy atom. The van der Waals surface area contributed by atoms with E-state index in [1.807, 2.05) is 18.2 Å². The van der Waals surface area contributed by atoms with Gasteiger partial charge in [-0.2, -0.15) is 0 Å². The molecule has 1 aliphatic carbocycles. The predicted octanol–water partition coefficient (Wildman–Crippen LogP) is 16.8. The summed E-state index contributed by atoms with van der Waals surface area (Å²) >= 11 is 1.79. The molecule has 0 fully saturated rings. The van der Waals surface area contributed by atoms with Crippen LogP contribution in [-0.4, -0.2) is 15.0 Å². The summed E-state index contributed by atoms with van der Waals surface area (Å²) in [7, 11) is 0. The molecule has 3 aromatic heterocycles. The molecule has 69 heavy (non-hydrogen) atoms. The molecule has 0 amide bonds. The first-order chi connectivity index (χ1) is 34.2. The Morgan fingerprint density at radius 2 is 0.855 bits per heavy atom. The van der Waals surface area contributed by atoms with E-state index in [2.05, 4.69) is 218 Å². The Labute approximate surface area is 402 Å². The number of rotatable bonds is 7. The summed E-state index contributed by atoms with van der Waals surface area (Å²) in [4.78, 5) is 16.0. The van der Waals surface area contributed by atoms with Crippen LogP contribution < -0.4 is 0 Å². The maximum Gasteiger partial charge on any atom is 0.164 e. The highest BCUT2D eigenvalue weighted by Crippen LogP contribution is 2.57. The highest BCUT2D eigenvalue weighted by Gasteiger charge is 2.46. The Balaban J connectivity index is 0.961. The normalized spacial score (nSPS) is 12.8. The van der Waals surface area contributed by atoms with Gasteiger partial charge in [0.25, 0.3) is 0 Å². The molecular weight excluding hydrogens is 859 g/mol. The van der Waals surface area contributed by atoms with Gasteiger partial charge < -0.3 is 4.42 Å². The first-order valence-corrected chi connectivity index (χ1v) is 24.1. The molecular formula is C64H39N3OS. The van der Waals surface area contributed by atoms with Crippen LogP contribution in [0.1, 0.15) is 22.3 Å². The molecule has 0 aliphatic heterocycles. The van der Waals surface area contributed by atoms with Crippen LogP contribution in [0.4, 0.5) is 0 Å². The van der Waals surface area contributed by atoms with E-state index in [0.717, 1.165) is 66.3 Å². The zero-order valence-electron chi connectivity index (χ0n) is 37.2. The average Bonchev–Trinajstić information content (AvgIpc) is 4.10. The lowest BCUT2D eigenvalue weighted by molar-refractivity contribution is 0.669. The van der Waals surface area contributed by atoms with Crippen LogP contribution in [0.15, 0.2) is 241 Å². The first-order valence-electron chi connectivity index (χ1n) is 23.3. The Hall–Kier alpha value is -8.77. The lowest BCUT2D eigenvalue weighted by atomic mass is 9.67. The second kappa shape index (κ2) is 15.7. The van der Waals surface area contributed by atoms with Gasteiger partial charge in [-0.1, -0.05) is 200 Å². The molecule has 5 heteroatoms. The van der Waals surface area contributed by atoms with E-state index in [-0.39, 0.29) is 0 Å². The van der Waals surface area contributed by atoms with Gasteiger partial charge in [-0.3, -0.25) is 0 Å². The Kier molecular flexibility index (Phi) is 8.95. The standard InChI is InChI=1S/C64H39N3OS/c1-4-16-40(17-5-1)41-30-32-42(33-31-41)61-65-62(67-63(66-61)51-25-15-29-58-60(51)49-23-11-13-28-57(49)69-58)50-24-14-27-56-59(50)52-38-43(35-37-55(52)68-56)44-34-36-48-47-22-10-12-26-53(47)64(54(48)39-44,45-18-6-2-7-19-45)46-20-8-3-9-21-46/h1-39H. The van der Waals surface area contributed by atoms with Crippen molar-refractivity contribution in [2.24, 2.45) is 0 Å². The smallest absolute Gasteiger partial charge is 0.164 e. The number of furan rings is 1. The lowest BCUT2D eigenvalue weighted by Crippen LogP contribution is -2.28. The van der Waals surface area contributed by atoms with Gasteiger partial charge in [-0.15, -0.1) is 11.3 Å². The fraction of sp³-hybridized carbons (Fsp3) is 0.0156. The van der Waals surface area contributed by atoms with E-state index in [0.29, 0.717) is 17.5 Å². The van der Waals surface area contributed by atoms with Crippen molar-refractivity contribution in [2.75, 3.05) is 0 Å². The molecule has 0 spiro atoms. The molecule has 322 valence electrons. The largest absolute Gasteiger partial charge is 0.456 e. The van der Waals surface area contributed by atoms with Gasteiger partial charge >= 0.3 is 0 Å². The van der Waals surface area contributed by atoms with Crippen LogP contribution >= 0.6 is 11.3 Å². The maximum absolute atomic E-state index is 6.68. The van der Waals surface area contributed by atoms with E-state index < -0.39 is 5.41 Å². The highest BCUT2D eigenvalue weighted by atomic mass is 32.1. The van der Waals surface area contributed by atoms with Crippen molar-refractivity contribution in [2.45, 2.75) is 5.41 Å². The summed E-state index contributed by atoms with van der Waals surface area (Å²) in [6.07, 6.45) is 0. The second-order valence-corrected chi connectivity index (χ2v) is 18.9. The van der Waals surface area contributed by atoms with Crippen LogP contribution in [0.25, 0.3) is 110 Å². The van der Waals surface area contributed by atoms with Crippen molar-refractivity contribution in [1.82, 2.24) is 15.0 Å². The number of fused-ring (bicyclic) bond motifs is 9. The van der Waals surface area contributed by atoms with E-state index >= 15 is 0 Å². The van der Waals surface area contributed by atoms with Crippen molar-refractivity contribution >= 4 is 53.4 Å². The van der Waals surface area contributed by atoms with Crippen molar-refractivity contribution in [1.29, 1.82) is 0 Å². The summed E-state index contributed by atoms with van der Waals surface area (Å²) in [5.74, 6) is 1.82. The van der Waals surface area contributed by atoms with Crippen LogP contribution in [0.5, 0.6) is 0 Å². The van der Waals surface area contributed by atoms with E-state index in [1.54, 1.807) is 11.3 Å². The number of thiophene rings is 1. The van der Waals surface area contributed by atoms with Crippen LogP contribution in [0.2, 0.25) is 0 Å². The third kappa shape index (κ3) is 6.18. The minimum atomic E-state index is -0.500. The summed E-state index contributed by atoms with van der Waals surface area (Å²) < 4.78 is 9.11. The molecule has 14 rings (SSSR count). The van der Waals surface area contributed by atoms with Crippen molar-refractivity contribution in [3.05, 3.63) is 259 Å². The van der Waals surface area contributed by atoms with Gasteiger partial charge in [-0.05, 0) is 92.0 Å². The Morgan fingerprint density at radius 1 is 0.319 bits per heavy atom. The topological polar surface area (TPSA) is 51.8 Å². The van der Waals surface area contributed by atoms with Crippen LogP contribution in [0.3, 0.4) is 0 Å². The number of nitrogens with zero attached hydrogens (tertiary/aromatic N) is 3. The Bertz CT molecular complexity index is 4080. The van der Waals surface area contributed by atoms with Crippen LogP contribution in [-0.2, 0) is 5.41 Å². The SMILES string of the molecule is c1ccc(-c2ccc(-c3nc(-c4cccc5oc6ccc(-c7ccc8c(c7)C(c7ccccc7)(c7ccccc7)c7ccccc7-8)cc6c45)nc(-c4cccc5sc6ccccc6c45)n3)cc2)cc1. The predicted molar refractivity (Wildman–Crippen MR) is 284 cm³/mol. The molecule has 1 aliphatic rings. The number of benzene rings is 10. The fourth-order valence-electron chi connectivity index (χ4n) is 11.0. The van der Waals surface area contributed by atoms with Crippen LogP contribution in [0, 0.1) is 0 Å². The van der Waals surface area contributed by atoms with Gasteiger partial charge in [-0.25, -0.2) is 15.0 Å². The van der Waals surface area contributed by atoms with Crippen molar-refractivity contribution in [3.63, 3.8) is 0 Å². The molecule has 0 radical (unpaired) electrons. The van der Waals surface area contributed by atoms with Gasteiger partial charge in [0.1, 0.15) is 11.2 Å². The first kappa shape index (κ1) is 39.4. The van der Waals surface area contributed by atoms with Crippen molar-refractivity contribution in [3.8, 4) is 67.5 Å². The lowest BCUT2D eigenvalue weighted by Gasteiger charge is -2.34. The third-order valence-electron chi connectivity index (χ3n) is 14.1. The monoisotopic (exact) mass is 897 g/mol. The molecule has 0 saturated carbocycles. The third-order valence-corrected chi connectivity index (χ3v) is 15.2. The molecule has 13 aromatic rings. The molecule has 0 saturated heterocycles. The highest BCUT2D eigenvalue weighted by molar-refractivity contribution is 7.25. The molecule has 0 bridgehead atoms. The van der Waals surface area contributed by atoms with E-state index in [9.17, 15) is 0 Å². The number of hydrogen-bond acceptors (Lipinski definition) is 5. The minimum absolute atomic E-state index is 0.500. The minimum Gasteiger partial charge on any atom is -0.456 e. The van der Waals surface area contributed by atoms with Gasteiger partial charge in [0, 0.05) is 47.6 Å². The van der Waals surface area contributed by atoms with Crippen molar-refractivity contribution < 1.29 is 4.42 Å². The zero-order valence-corrected chi connectivity index (χ0v) is 38.0. The summed E-state index contributed by atoms with van der Waals surface area (Å²) in [5.41, 5.74) is 15.9. The maximum atomic E-state index is 6.68. The molecule has 4 nitrogen and oxygen atoms in total. The second-order valence-electron chi connectivity index (χ2n) is 17.8. The summed E-state index contributed by atoms with van der Waals surface area (Å²) in [6.45, 7) is 0. The molecule has 0 N–H and O–H groups in total.